The molecule has 0 aliphatic rings. The predicted molar refractivity (Wildman–Crippen MR) is 389 cm³/mol. The van der Waals surface area contributed by atoms with Crippen molar-refractivity contribution in [2.75, 3.05) is 0 Å². The maximum atomic E-state index is 6.05. The summed E-state index contributed by atoms with van der Waals surface area (Å²) in [5.74, 6) is 0.793. The molecule has 0 amide bonds. The fourth-order valence-electron chi connectivity index (χ4n) is 14.3. The van der Waals surface area contributed by atoms with Crippen molar-refractivity contribution in [1.82, 2.24) is 23.7 Å². The number of aromatic nitrogens is 5. The molecule has 0 aliphatic carbocycles. The molecule has 0 aliphatic heterocycles. The third-order valence-corrected chi connectivity index (χ3v) is 18.8. The van der Waals surface area contributed by atoms with Crippen LogP contribution in [0.4, 0.5) is 0 Å². The number of rotatable bonds is 11. The molecule has 5 heteroatoms. The quantitative estimate of drug-likeness (QED) is 0.129. The molecule has 0 fully saturated rings. The molecule has 18 aromatic rings. The van der Waals surface area contributed by atoms with Crippen LogP contribution in [0.5, 0.6) is 0 Å². The topological polar surface area (TPSA) is 40.6 Å². The molecule has 93 heavy (non-hydrogen) atoms. The Labute approximate surface area is 538 Å². The van der Waals surface area contributed by atoms with E-state index in [0.29, 0.717) is 0 Å². The second-order valence-corrected chi connectivity index (χ2v) is 24.1. The van der Waals surface area contributed by atoms with Crippen LogP contribution >= 0.6 is 0 Å². The summed E-state index contributed by atoms with van der Waals surface area (Å²) in [6, 6.07) is 120. The summed E-state index contributed by atoms with van der Waals surface area (Å²) in [4.78, 5) is 10.6. The van der Waals surface area contributed by atoms with Gasteiger partial charge in [0.25, 0.3) is 0 Å². The fourth-order valence-corrected chi connectivity index (χ4v) is 14.3. The van der Waals surface area contributed by atoms with E-state index in [1.165, 1.54) is 0 Å². The highest BCUT2D eigenvalue weighted by Crippen LogP contribution is 2.48. The molecule has 13 aromatic carbocycles. The third kappa shape index (κ3) is 9.16. The average molecular weight is 1180 g/mol. The van der Waals surface area contributed by atoms with Gasteiger partial charge in [0.05, 0.1) is 50.7 Å². The molecule has 0 spiro atoms. The zero-order valence-electron chi connectivity index (χ0n) is 50.6. The first-order chi connectivity index (χ1) is 46.1. The van der Waals surface area contributed by atoms with Crippen molar-refractivity contribution in [2.24, 2.45) is 0 Å². The zero-order chi connectivity index (χ0) is 61.3. The second kappa shape index (κ2) is 22.2. The summed E-state index contributed by atoms with van der Waals surface area (Å²) in [7, 11) is 0. The largest absolute Gasteiger partial charge is 0.307 e. The lowest BCUT2D eigenvalue weighted by Gasteiger charge is -2.24. The van der Waals surface area contributed by atoms with Crippen LogP contribution in [0.2, 0.25) is 0 Å². The van der Waals surface area contributed by atoms with Crippen molar-refractivity contribution in [3.8, 4) is 106 Å². The molecule has 5 aromatic heterocycles. The fraction of sp³-hybridized carbons (Fsp3) is 0. The molecule has 5 heterocycles. The Morgan fingerprint density at radius 1 is 0.204 bits per heavy atom. The van der Waals surface area contributed by atoms with Crippen LogP contribution in [0.25, 0.3) is 172 Å². The van der Waals surface area contributed by atoms with Crippen molar-refractivity contribution in [1.29, 1.82) is 0 Å². The van der Waals surface area contributed by atoms with Gasteiger partial charge in [-0.25, -0.2) is 4.98 Å². The Balaban J connectivity index is 1.02. The molecular formula is C88H57N5. The van der Waals surface area contributed by atoms with Crippen LogP contribution in [0, 0.1) is 0 Å². The van der Waals surface area contributed by atoms with E-state index in [4.69, 9.17) is 4.98 Å². The van der Waals surface area contributed by atoms with Crippen molar-refractivity contribution >= 4 is 65.4 Å². The number of pyridine rings is 2. The highest BCUT2D eigenvalue weighted by Gasteiger charge is 2.29. The van der Waals surface area contributed by atoms with Crippen molar-refractivity contribution in [3.05, 3.63) is 346 Å². The Kier molecular flexibility index (Phi) is 12.8. The Hall–Kier alpha value is -12.4. The highest BCUT2D eigenvalue weighted by molar-refractivity contribution is 6.16. The van der Waals surface area contributed by atoms with E-state index >= 15 is 0 Å². The molecule has 0 saturated heterocycles. The summed E-state index contributed by atoms with van der Waals surface area (Å²) < 4.78 is 7.46. The lowest BCUT2D eigenvalue weighted by atomic mass is 9.98. The van der Waals surface area contributed by atoms with Crippen LogP contribution in [0.3, 0.4) is 0 Å². The van der Waals surface area contributed by atoms with Crippen LogP contribution in [-0.4, -0.2) is 23.7 Å². The van der Waals surface area contributed by atoms with Crippen molar-refractivity contribution in [3.63, 3.8) is 0 Å². The Morgan fingerprint density at radius 3 is 0.785 bits per heavy atom. The summed E-state index contributed by atoms with van der Waals surface area (Å²) in [6.07, 6.45) is 5.94. The summed E-state index contributed by atoms with van der Waals surface area (Å²) in [6.45, 7) is 0. The Morgan fingerprint density at radius 2 is 0.473 bits per heavy atom. The lowest BCUT2D eigenvalue weighted by Crippen LogP contribution is -2.11. The van der Waals surface area contributed by atoms with Crippen LogP contribution in [0.1, 0.15) is 0 Å². The van der Waals surface area contributed by atoms with E-state index in [9.17, 15) is 0 Å². The lowest BCUT2D eigenvalue weighted by molar-refractivity contribution is 1.01. The van der Waals surface area contributed by atoms with Gasteiger partial charge in [0.15, 0.2) is 5.82 Å². The van der Waals surface area contributed by atoms with Gasteiger partial charge in [-0.05, 0) is 162 Å². The molecule has 5 nitrogen and oxygen atoms in total. The number of nitrogens with zero attached hydrogens (tertiary/aromatic N) is 5. The van der Waals surface area contributed by atoms with Crippen LogP contribution < -0.4 is 0 Å². The van der Waals surface area contributed by atoms with Crippen molar-refractivity contribution in [2.45, 2.75) is 0 Å². The molecular weight excluding hydrogens is 1130 g/mol. The Bertz CT molecular complexity index is 5570. The summed E-state index contributed by atoms with van der Waals surface area (Å²) in [5.41, 5.74) is 26.3. The van der Waals surface area contributed by atoms with Gasteiger partial charge in [-0.15, -0.1) is 0 Å². The van der Waals surface area contributed by atoms with Gasteiger partial charge in [0.2, 0.25) is 0 Å². The van der Waals surface area contributed by atoms with Gasteiger partial charge in [-0.3, -0.25) is 9.55 Å². The van der Waals surface area contributed by atoms with E-state index in [0.717, 1.165) is 172 Å². The van der Waals surface area contributed by atoms with Crippen LogP contribution in [-0.2, 0) is 0 Å². The van der Waals surface area contributed by atoms with Gasteiger partial charge in [0, 0.05) is 50.3 Å². The SMILES string of the molecule is c1ccc(-c2ccc3c(c2)c2cc(-c4ccccc4)ccc2n3-c2cnc(-n3c4ccc(-c5ccccc5)cc4c4cc(-c5ccccc5)ccc43)c(-n3c4ccc(-c5ccccc5)cc4c4cc(-c5ccccc5)ccc43)c2-c2ccc(-c3cccnc3)cc2)cc1. The number of hydrogen-bond acceptors (Lipinski definition) is 2. The van der Waals surface area contributed by atoms with E-state index in [2.05, 4.69) is 346 Å². The van der Waals surface area contributed by atoms with Crippen molar-refractivity contribution < 1.29 is 0 Å². The van der Waals surface area contributed by atoms with Gasteiger partial charge >= 0.3 is 0 Å². The van der Waals surface area contributed by atoms with E-state index in [-0.39, 0.29) is 0 Å². The van der Waals surface area contributed by atoms with Gasteiger partial charge in [0.1, 0.15) is 0 Å². The van der Waals surface area contributed by atoms with Gasteiger partial charge in [-0.1, -0.05) is 249 Å². The van der Waals surface area contributed by atoms with E-state index < -0.39 is 0 Å². The van der Waals surface area contributed by atoms with Gasteiger partial charge in [-0.2, -0.15) is 0 Å². The molecule has 0 saturated carbocycles. The van der Waals surface area contributed by atoms with E-state index in [1.807, 2.05) is 18.5 Å². The summed E-state index contributed by atoms with van der Waals surface area (Å²) in [5, 5.41) is 6.85. The van der Waals surface area contributed by atoms with E-state index in [1.54, 1.807) is 0 Å². The minimum Gasteiger partial charge on any atom is -0.307 e. The first-order valence-corrected chi connectivity index (χ1v) is 31.8. The maximum Gasteiger partial charge on any atom is 0.162 e. The third-order valence-electron chi connectivity index (χ3n) is 18.8. The molecule has 0 radical (unpaired) electrons. The van der Waals surface area contributed by atoms with Crippen LogP contribution in [0.15, 0.2) is 346 Å². The second-order valence-electron chi connectivity index (χ2n) is 24.1. The highest BCUT2D eigenvalue weighted by atomic mass is 15.1. The molecule has 434 valence electrons. The first-order valence-electron chi connectivity index (χ1n) is 31.8. The first kappa shape index (κ1) is 53.6. The molecule has 0 atom stereocenters. The smallest absolute Gasteiger partial charge is 0.162 e. The standard InChI is InChI=1S/C88H57N5/c1-7-20-58(21-8-1)66-37-43-79-73(50-66)74-51-67(59-22-9-2-10-23-59)38-44-80(74)91(79)85-57-90-88(93-83-47-41-70(62-28-15-5-16-29-62)54-77(83)78-55-71(42-48-84(78)93)63-30-17-6-18-31-63)87(86(85)65-35-33-64(34-36-65)72-32-19-49-89-56-72)92-81-45-39-68(60-24-11-3-12-25-60)52-75(81)76-53-69(40-46-82(76)92)61-26-13-4-14-27-61/h1-57H. The molecule has 0 bridgehead atoms. The normalized spacial score (nSPS) is 11.7. The molecule has 18 rings (SSSR count). The minimum absolute atomic E-state index is 0.793. The summed E-state index contributed by atoms with van der Waals surface area (Å²) >= 11 is 0. The predicted octanol–water partition coefficient (Wildman–Crippen LogP) is 23.1. The number of hydrogen-bond donors (Lipinski definition) is 0. The number of fused-ring (bicyclic) bond motifs is 9. The maximum absolute atomic E-state index is 6.05. The van der Waals surface area contributed by atoms with Gasteiger partial charge < -0.3 is 9.13 Å². The minimum atomic E-state index is 0.793. The molecule has 0 unspecified atom stereocenters. The number of benzene rings is 13. The average Bonchev–Trinajstić information content (AvgIpc) is 1.60. The molecule has 0 N–H and O–H groups in total. The monoisotopic (exact) mass is 1180 g/mol. The zero-order valence-corrected chi connectivity index (χ0v) is 50.6.